The summed E-state index contributed by atoms with van der Waals surface area (Å²) in [5.74, 6) is -0.720. The van der Waals surface area contributed by atoms with Gasteiger partial charge >= 0.3 is 6.18 Å². The van der Waals surface area contributed by atoms with Gasteiger partial charge in [-0.25, -0.2) is 0 Å². The van der Waals surface area contributed by atoms with Gasteiger partial charge in [0.05, 0.1) is 11.1 Å². The number of benzene rings is 1. The van der Waals surface area contributed by atoms with Gasteiger partial charge in [0.25, 0.3) is 5.91 Å². The number of halogens is 4. The van der Waals surface area contributed by atoms with Crippen LogP contribution in [-0.4, -0.2) is 12.5 Å². The average molecular weight is 296 g/mol. The van der Waals surface area contributed by atoms with E-state index in [1.165, 1.54) is 6.07 Å². The highest BCUT2D eigenvalue weighted by Crippen LogP contribution is 2.33. The van der Waals surface area contributed by atoms with Crippen LogP contribution >= 0.6 is 15.9 Å². The zero-order valence-electron chi connectivity index (χ0n) is 8.36. The molecule has 0 saturated carbocycles. The van der Waals surface area contributed by atoms with E-state index in [-0.39, 0.29) is 16.6 Å². The van der Waals surface area contributed by atoms with Crippen LogP contribution in [0.5, 0.6) is 0 Å². The molecular weight excluding hydrogens is 287 g/mol. The Morgan fingerprint density at radius 1 is 1.44 bits per heavy atom. The summed E-state index contributed by atoms with van der Waals surface area (Å²) in [6.07, 6.45) is -4.54. The van der Waals surface area contributed by atoms with E-state index in [0.717, 1.165) is 12.1 Å². The fourth-order valence-electron chi connectivity index (χ4n) is 1.20. The first-order chi connectivity index (χ1) is 7.36. The molecule has 0 fully saturated rings. The molecule has 1 amide bonds. The van der Waals surface area contributed by atoms with Gasteiger partial charge in [-0.1, -0.05) is 15.9 Å². The maximum atomic E-state index is 12.6. The first-order valence-electron chi connectivity index (χ1n) is 4.51. The fraction of sp³-hybridized carbons (Fsp3) is 0.300. The van der Waals surface area contributed by atoms with Crippen molar-refractivity contribution >= 4 is 21.8 Å². The van der Waals surface area contributed by atoms with Crippen LogP contribution in [0.2, 0.25) is 0 Å². The third kappa shape index (κ3) is 2.98. The van der Waals surface area contributed by atoms with Crippen molar-refractivity contribution in [2.24, 2.45) is 0 Å². The second-order valence-corrected chi connectivity index (χ2v) is 3.96. The minimum Gasteiger partial charge on any atom is -0.352 e. The molecule has 88 valence electrons. The quantitative estimate of drug-likeness (QED) is 0.892. The molecule has 1 N–H and O–H groups in total. The minimum absolute atomic E-state index is 0.284. The topological polar surface area (TPSA) is 29.1 Å². The lowest BCUT2D eigenvalue weighted by Gasteiger charge is -2.12. The highest BCUT2D eigenvalue weighted by atomic mass is 79.9. The van der Waals surface area contributed by atoms with Crippen molar-refractivity contribution in [2.45, 2.75) is 13.1 Å². The van der Waals surface area contributed by atoms with E-state index in [9.17, 15) is 18.0 Å². The molecule has 0 heterocycles. The Kier molecular flexibility index (Phi) is 3.96. The highest BCUT2D eigenvalue weighted by Gasteiger charge is 2.35. The van der Waals surface area contributed by atoms with Crippen molar-refractivity contribution in [2.75, 3.05) is 6.54 Å². The molecule has 0 aliphatic carbocycles. The Morgan fingerprint density at radius 3 is 2.56 bits per heavy atom. The fourth-order valence-corrected chi connectivity index (χ4v) is 1.57. The summed E-state index contributed by atoms with van der Waals surface area (Å²) in [6.45, 7) is 1.93. The SMILES string of the molecule is CCNC(=O)c1ccc(Br)cc1C(F)(F)F. The Morgan fingerprint density at radius 2 is 2.06 bits per heavy atom. The van der Waals surface area contributed by atoms with Gasteiger partial charge in [-0.05, 0) is 25.1 Å². The molecule has 0 spiro atoms. The number of hydrogen-bond donors (Lipinski definition) is 1. The van der Waals surface area contributed by atoms with Crippen molar-refractivity contribution in [3.05, 3.63) is 33.8 Å². The third-order valence-corrected chi connectivity index (χ3v) is 2.36. The maximum absolute atomic E-state index is 12.6. The normalized spacial score (nSPS) is 11.3. The van der Waals surface area contributed by atoms with Crippen LogP contribution in [0.25, 0.3) is 0 Å². The molecule has 0 atom stereocenters. The molecular formula is C10H9BrF3NO. The molecule has 16 heavy (non-hydrogen) atoms. The standard InChI is InChI=1S/C10H9BrF3NO/c1-2-15-9(16)7-4-3-6(11)5-8(7)10(12,13)14/h3-5H,2H2,1H3,(H,15,16). The van der Waals surface area contributed by atoms with Crippen molar-refractivity contribution < 1.29 is 18.0 Å². The summed E-state index contributed by atoms with van der Waals surface area (Å²) in [5, 5.41) is 2.34. The van der Waals surface area contributed by atoms with Crippen LogP contribution in [0.3, 0.4) is 0 Å². The lowest BCUT2D eigenvalue weighted by Crippen LogP contribution is -2.25. The molecule has 0 aliphatic rings. The number of amides is 1. The second kappa shape index (κ2) is 4.86. The number of hydrogen-bond acceptors (Lipinski definition) is 1. The smallest absolute Gasteiger partial charge is 0.352 e. The zero-order valence-corrected chi connectivity index (χ0v) is 9.95. The Hall–Kier alpha value is -1.04. The largest absolute Gasteiger partial charge is 0.417 e. The van der Waals surface area contributed by atoms with Crippen LogP contribution < -0.4 is 5.32 Å². The van der Waals surface area contributed by atoms with Gasteiger partial charge in [0.15, 0.2) is 0 Å². The average Bonchev–Trinajstić information content (AvgIpc) is 2.16. The summed E-state index contributed by atoms with van der Waals surface area (Å²) in [6, 6.07) is 3.45. The molecule has 1 aromatic carbocycles. The Balaban J connectivity index is 3.23. The van der Waals surface area contributed by atoms with Gasteiger partial charge in [0.1, 0.15) is 0 Å². The number of carbonyl (C=O) groups is 1. The van der Waals surface area contributed by atoms with Crippen LogP contribution in [-0.2, 0) is 6.18 Å². The molecule has 0 aliphatic heterocycles. The molecule has 1 rings (SSSR count). The lowest BCUT2D eigenvalue weighted by atomic mass is 10.1. The summed E-state index contributed by atoms with van der Waals surface area (Å²) in [5.41, 5.74) is -1.30. The summed E-state index contributed by atoms with van der Waals surface area (Å²) >= 11 is 2.95. The zero-order chi connectivity index (χ0) is 12.3. The van der Waals surface area contributed by atoms with Crippen molar-refractivity contribution in [3.8, 4) is 0 Å². The minimum atomic E-state index is -4.54. The van der Waals surface area contributed by atoms with Crippen LogP contribution in [0.1, 0.15) is 22.8 Å². The molecule has 1 aromatic rings. The molecule has 0 radical (unpaired) electrons. The van der Waals surface area contributed by atoms with Gasteiger partial charge in [-0.2, -0.15) is 13.2 Å². The van der Waals surface area contributed by atoms with Gasteiger partial charge in [0, 0.05) is 11.0 Å². The Bertz CT molecular complexity index is 404. The van der Waals surface area contributed by atoms with E-state index < -0.39 is 17.6 Å². The van der Waals surface area contributed by atoms with Gasteiger partial charge in [-0.3, -0.25) is 4.79 Å². The summed E-state index contributed by atoms with van der Waals surface area (Å²) < 4.78 is 38.2. The van der Waals surface area contributed by atoms with E-state index in [4.69, 9.17) is 0 Å². The first-order valence-corrected chi connectivity index (χ1v) is 5.30. The van der Waals surface area contributed by atoms with Crippen molar-refractivity contribution in [1.82, 2.24) is 5.32 Å². The van der Waals surface area contributed by atoms with E-state index in [1.807, 2.05) is 0 Å². The van der Waals surface area contributed by atoms with E-state index in [1.54, 1.807) is 6.92 Å². The van der Waals surface area contributed by atoms with Gasteiger partial charge in [0.2, 0.25) is 0 Å². The molecule has 0 saturated heterocycles. The first kappa shape index (κ1) is 13.0. The highest BCUT2D eigenvalue weighted by molar-refractivity contribution is 9.10. The van der Waals surface area contributed by atoms with E-state index >= 15 is 0 Å². The molecule has 2 nitrogen and oxygen atoms in total. The third-order valence-electron chi connectivity index (χ3n) is 1.87. The molecule has 6 heteroatoms. The second-order valence-electron chi connectivity index (χ2n) is 3.05. The van der Waals surface area contributed by atoms with E-state index in [2.05, 4.69) is 21.2 Å². The van der Waals surface area contributed by atoms with Crippen LogP contribution in [0, 0.1) is 0 Å². The maximum Gasteiger partial charge on any atom is 0.417 e. The number of carbonyl (C=O) groups excluding carboxylic acids is 1. The predicted octanol–water partition coefficient (Wildman–Crippen LogP) is 3.22. The summed E-state index contributed by atoms with van der Waals surface area (Å²) in [7, 11) is 0. The van der Waals surface area contributed by atoms with Crippen molar-refractivity contribution in [1.29, 1.82) is 0 Å². The molecule has 0 unspecified atom stereocenters. The number of nitrogens with one attached hydrogen (secondary N) is 1. The lowest BCUT2D eigenvalue weighted by molar-refractivity contribution is -0.138. The van der Waals surface area contributed by atoms with Crippen LogP contribution in [0.4, 0.5) is 13.2 Å². The van der Waals surface area contributed by atoms with Crippen molar-refractivity contribution in [3.63, 3.8) is 0 Å². The monoisotopic (exact) mass is 295 g/mol. The van der Waals surface area contributed by atoms with Gasteiger partial charge < -0.3 is 5.32 Å². The molecule has 0 aromatic heterocycles. The number of alkyl halides is 3. The Labute approximate surface area is 99.0 Å². The van der Waals surface area contributed by atoms with Crippen LogP contribution in [0.15, 0.2) is 22.7 Å². The number of rotatable bonds is 2. The summed E-state index contributed by atoms with van der Waals surface area (Å²) in [4.78, 5) is 11.4. The molecule has 0 bridgehead atoms. The predicted molar refractivity (Wildman–Crippen MR) is 57.2 cm³/mol. The van der Waals surface area contributed by atoms with E-state index in [0.29, 0.717) is 0 Å². The van der Waals surface area contributed by atoms with Gasteiger partial charge in [-0.15, -0.1) is 0 Å².